The van der Waals surface area contributed by atoms with Gasteiger partial charge in [0.2, 0.25) is 0 Å². The third-order valence-corrected chi connectivity index (χ3v) is 4.84. The molecule has 1 aromatic carbocycles. The molecule has 2 aromatic rings. The van der Waals surface area contributed by atoms with Crippen LogP contribution in [0.1, 0.15) is 0 Å². The van der Waals surface area contributed by atoms with Gasteiger partial charge in [0.15, 0.2) is 0 Å². The first-order valence-corrected chi connectivity index (χ1v) is 6.24. The molecule has 0 atom stereocenters. The Bertz CT molecular complexity index is 436. The zero-order valence-electron chi connectivity index (χ0n) is 5.77. The van der Waals surface area contributed by atoms with Crippen molar-refractivity contribution < 1.29 is 4.39 Å². The molecule has 0 bridgehead atoms. The zero-order chi connectivity index (χ0) is 8.72. The summed E-state index contributed by atoms with van der Waals surface area (Å²) in [5.41, 5.74) is 0. The average molecular weight is 404 g/mol. The van der Waals surface area contributed by atoms with Crippen LogP contribution in [0.15, 0.2) is 17.5 Å². The van der Waals surface area contributed by atoms with Crippen molar-refractivity contribution in [3.63, 3.8) is 0 Å². The highest BCUT2D eigenvalue weighted by molar-refractivity contribution is 14.1. The summed E-state index contributed by atoms with van der Waals surface area (Å²) in [5, 5.41) is 3.03. The van der Waals surface area contributed by atoms with Crippen LogP contribution in [0.25, 0.3) is 10.1 Å². The minimum Gasteiger partial charge on any atom is -0.206 e. The van der Waals surface area contributed by atoms with E-state index in [4.69, 9.17) is 0 Å². The predicted octanol–water partition coefficient (Wildman–Crippen LogP) is 4.25. The van der Waals surface area contributed by atoms with Gasteiger partial charge in [-0.3, -0.25) is 0 Å². The Morgan fingerprint density at radius 1 is 1.33 bits per heavy atom. The van der Waals surface area contributed by atoms with Crippen LogP contribution in [0.2, 0.25) is 0 Å². The van der Waals surface area contributed by atoms with Crippen molar-refractivity contribution in [2.45, 2.75) is 0 Å². The quantitative estimate of drug-likeness (QED) is 0.455. The van der Waals surface area contributed by atoms with E-state index in [2.05, 4.69) is 22.6 Å². The first-order chi connectivity index (χ1) is 5.70. The lowest BCUT2D eigenvalue weighted by Crippen LogP contribution is -1.83. The second-order valence-corrected chi connectivity index (χ2v) is 5.47. The molecule has 0 spiro atoms. The maximum absolute atomic E-state index is 13.2. The van der Waals surface area contributed by atoms with E-state index in [1.165, 1.54) is 4.70 Å². The molecular weight excluding hydrogens is 401 g/mol. The van der Waals surface area contributed by atoms with Crippen molar-refractivity contribution in [3.8, 4) is 0 Å². The maximum Gasteiger partial charge on any atom is 0.138 e. The summed E-state index contributed by atoms with van der Waals surface area (Å²) in [6.07, 6.45) is 0. The van der Waals surface area contributed by atoms with Crippen LogP contribution < -0.4 is 0 Å². The van der Waals surface area contributed by atoms with Gasteiger partial charge in [0.1, 0.15) is 5.82 Å². The van der Waals surface area contributed by atoms with Crippen LogP contribution >= 0.6 is 56.5 Å². The summed E-state index contributed by atoms with van der Waals surface area (Å²) < 4.78 is 16.1. The molecular formula is C8H3FI2S. The van der Waals surface area contributed by atoms with Crippen LogP contribution in [-0.2, 0) is 0 Å². The summed E-state index contributed by atoms with van der Waals surface area (Å²) in [4.78, 5) is 0. The molecule has 0 unspecified atom stereocenters. The molecule has 0 N–H and O–H groups in total. The van der Waals surface area contributed by atoms with E-state index in [0.717, 1.165) is 12.5 Å². The summed E-state index contributed by atoms with van der Waals surface area (Å²) in [6, 6.07) is 3.55. The summed E-state index contributed by atoms with van der Waals surface area (Å²) in [6.45, 7) is 0. The molecule has 0 saturated carbocycles. The highest BCUT2D eigenvalue weighted by Crippen LogP contribution is 2.31. The maximum atomic E-state index is 13.2. The fraction of sp³-hybridized carbons (Fsp3) is 0. The molecule has 0 radical (unpaired) electrons. The van der Waals surface area contributed by atoms with Crippen molar-refractivity contribution in [1.29, 1.82) is 0 Å². The van der Waals surface area contributed by atoms with Gasteiger partial charge in [0, 0.05) is 13.7 Å². The number of hydrogen-bond donors (Lipinski definition) is 0. The van der Waals surface area contributed by atoms with Gasteiger partial charge >= 0.3 is 0 Å². The molecule has 0 aliphatic heterocycles. The third-order valence-electron chi connectivity index (χ3n) is 1.58. The molecule has 12 heavy (non-hydrogen) atoms. The molecule has 2 rings (SSSR count). The molecule has 0 aliphatic carbocycles. The number of fused-ring (bicyclic) bond motifs is 1. The Balaban J connectivity index is 2.97. The van der Waals surface area contributed by atoms with Gasteiger partial charge in [-0.25, -0.2) is 4.39 Å². The Kier molecular flexibility index (Phi) is 2.57. The van der Waals surface area contributed by atoms with Gasteiger partial charge in [0.05, 0.1) is 3.57 Å². The van der Waals surface area contributed by atoms with E-state index in [-0.39, 0.29) is 5.82 Å². The SMILES string of the molecule is Fc1cc(I)c2sccc2c1I. The highest BCUT2D eigenvalue weighted by Gasteiger charge is 2.08. The van der Waals surface area contributed by atoms with Gasteiger partial charge in [-0.1, -0.05) is 0 Å². The lowest BCUT2D eigenvalue weighted by atomic mass is 10.3. The van der Waals surface area contributed by atoms with Gasteiger partial charge < -0.3 is 0 Å². The highest BCUT2D eigenvalue weighted by atomic mass is 127. The average Bonchev–Trinajstić information content (AvgIpc) is 2.48. The monoisotopic (exact) mass is 404 g/mol. The second-order valence-electron chi connectivity index (χ2n) is 2.32. The predicted molar refractivity (Wildman–Crippen MR) is 67.2 cm³/mol. The van der Waals surface area contributed by atoms with Gasteiger partial charge in [-0.15, -0.1) is 11.3 Å². The Morgan fingerprint density at radius 3 is 2.83 bits per heavy atom. The number of thiophene rings is 1. The van der Waals surface area contributed by atoms with Crippen molar-refractivity contribution in [1.82, 2.24) is 0 Å². The van der Waals surface area contributed by atoms with Gasteiger partial charge in [-0.05, 0) is 62.7 Å². The summed E-state index contributed by atoms with van der Waals surface area (Å²) in [5.74, 6) is -0.120. The third kappa shape index (κ3) is 1.37. The number of hydrogen-bond acceptors (Lipinski definition) is 1. The Labute approximate surface area is 100 Å². The van der Waals surface area contributed by atoms with Gasteiger partial charge in [-0.2, -0.15) is 0 Å². The molecule has 0 fully saturated rings. The number of halogens is 3. The van der Waals surface area contributed by atoms with E-state index < -0.39 is 0 Å². The van der Waals surface area contributed by atoms with Crippen molar-refractivity contribution >= 4 is 66.6 Å². The number of rotatable bonds is 0. The fourth-order valence-corrected chi connectivity index (χ4v) is 3.58. The van der Waals surface area contributed by atoms with Crippen molar-refractivity contribution in [2.24, 2.45) is 0 Å². The summed E-state index contributed by atoms with van der Waals surface area (Å²) >= 11 is 5.87. The second kappa shape index (κ2) is 3.38. The van der Waals surface area contributed by atoms with E-state index in [9.17, 15) is 4.39 Å². The molecule has 0 aliphatic rings. The van der Waals surface area contributed by atoms with Crippen molar-refractivity contribution in [3.05, 3.63) is 30.5 Å². The molecule has 0 saturated heterocycles. The van der Waals surface area contributed by atoms with Crippen LogP contribution in [0, 0.1) is 13.0 Å². The first-order valence-electron chi connectivity index (χ1n) is 3.21. The van der Waals surface area contributed by atoms with E-state index in [1.807, 2.05) is 34.0 Å². The molecule has 62 valence electrons. The topological polar surface area (TPSA) is 0 Å². The largest absolute Gasteiger partial charge is 0.206 e. The summed E-state index contributed by atoms with van der Waals surface area (Å²) in [7, 11) is 0. The van der Waals surface area contributed by atoms with Gasteiger partial charge in [0.25, 0.3) is 0 Å². The minimum atomic E-state index is -0.120. The first kappa shape index (κ1) is 9.14. The molecule has 1 heterocycles. The standard InChI is InChI=1S/C8H3FI2S/c9-5-3-6(10)8-4(7(5)11)1-2-12-8/h1-3H. The fourth-order valence-electron chi connectivity index (χ4n) is 1.04. The van der Waals surface area contributed by atoms with Crippen LogP contribution in [0.3, 0.4) is 0 Å². The Morgan fingerprint density at radius 2 is 2.08 bits per heavy atom. The molecule has 4 heteroatoms. The van der Waals surface area contributed by atoms with E-state index >= 15 is 0 Å². The van der Waals surface area contributed by atoms with E-state index in [1.54, 1.807) is 17.4 Å². The zero-order valence-corrected chi connectivity index (χ0v) is 10.9. The normalized spacial score (nSPS) is 10.9. The van der Waals surface area contributed by atoms with E-state index in [0.29, 0.717) is 0 Å². The lowest BCUT2D eigenvalue weighted by molar-refractivity contribution is 0.622. The van der Waals surface area contributed by atoms with Crippen LogP contribution in [0.5, 0.6) is 0 Å². The molecule has 1 aromatic heterocycles. The van der Waals surface area contributed by atoms with Crippen LogP contribution in [0.4, 0.5) is 4.39 Å². The Hall–Kier alpha value is 0.570. The molecule has 0 nitrogen and oxygen atoms in total. The van der Waals surface area contributed by atoms with Crippen LogP contribution in [-0.4, -0.2) is 0 Å². The number of benzene rings is 1. The smallest absolute Gasteiger partial charge is 0.138 e. The lowest BCUT2D eigenvalue weighted by Gasteiger charge is -1.98. The minimum absolute atomic E-state index is 0.120. The van der Waals surface area contributed by atoms with Crippen molar-refractivity contribution in [2.75, 3.05) is 0 Å². The molecule has 0 amide bonds.